The van der Waals surface area contributed by atoms with Crippen LogP contribution in [0.2, 0.25) is 0 Å². The van der Waals surface area contributed by atoms with Crippen molar-refractivity contribution in [3.8, 4) is 11.1 Å². The fourth-order valence-electron chi connectivity index (χ4n) is 2.03. The maximum Gasteiger partial charge on any atom is 0.338 e. The maximum atomic E-state index is 12.0. The van der Waals surface area contributed by atoms with Crippen LogP contribution >= 0.6 is 0 Å². The van der Waals surface area contributed by atoms with Crippen molar-refractivity contribution < 1.29 is 14.3 Å². The van der Waals surface area contributed by atoms with Crippen LogP contribution in [-0.2, 0) is 4.74 Å². The highest BCUT2D eigenvalue weighted by Gasteiger charge is 2.17. The molecule has 0 fully saturated rings. The van der Waals surface area contributed by atoms with Crippen LogP contribution in [0.4, 0.5) is 0 Å². The Labute approximate surface area is 130 Å². The molecule has 0 aliphatic carbocycles. The number of hydrogen-bond acceptors (Lipinski definition) is 3. The number of ketones is 1. The standard InChI is InChI=1S/C19H20O3/c1-13(20)14-5-7-15(8-6-14)16-9-11-17(12-10-16)18(21)22-19(2,3)4/h5-12H,1-4H3. The number of benzene rings is 2. The number of esters is 1. The third-order valence-corrected chi connectivity index (χ3v) is 3.14. The van der Waals surface area contributed by atoms with Gasteiger partial charge in [0.2, 0.25) is 0 Å². The van der Waals surface area contributed by atoms with E-state index >= 15 is 0 Å². The number of carbonyl (C=O) groups is 2. The van der Waals surface area contributed by atoms with Gasteiger partial charge in [-0.1, -0.05) is 36.4 Å². The molecule has 0 heterocycles. The summed E-state index contributed by atoms with van der Waals surface area (Å²) in [7, 11) is 0. The molecule has 0 bridgehead atoms. The Morgan fingerprint density at radius 1 is 0.773 bits per heavy atom. The van der Waals surface area contributed by atoms with Crippen molar-refractivity contribution in [2.45, 2.75) is 33.3 Å². The highest BCUT2D eigenvalue weighted by molar-refractivity contribution is 5.94. The van der Waals surface area contributed by atoms with E-state index in [1.807, 2.05) is 45.0 Å². The summed E-state index contributed by atoms with van der Waals surface area (Å²) in [5.74, 6) is -0.280. The van der Waals surface area contributed by atoms with E-state index in [0.29, 0.717) is 11.1 Å². The fourth-order valence-corrected chi connectivity index (χ4v) is 2.03. The molecule has 2 aromatic carbocycles. The molecule has 0 aromatic heterocycles. The molecule has 0 N–H and O–H groups in total. The van der Waals surface area contributed by atoms with E-state index in [1.165, 1.54) is 0 Å². The van der Waals surface area contributed by atoms with Gasteiger partial charge in [0.1, 0.15) is 5.60 Å². The van der Waals surface area contributed by atoms with Crippen LogP contribution < -0.4 is 0 Å². The normalized spacial score (nSPS) is 11.1. The molecule has 0 saturated carbocycles. The van der Waals surface area contributed by atoms with Crippen molar-refractivity contribution in [1.82, 2.24) is 0 Å². The molecule has 3 nitrogen and oxygen atoms in total. The summed E-state index contributed by atoms with van der Waals surface area (Å²) >= 11 is 0. The largest absolute Gasteiger partial charge is 0.456 e. The summed E-state index contributed by atoms with van der Waals surface area (Å²) in [5.41, 5.74) is 2.70. The molecule has 22 heavy (non-hydrogen) atoms. The smallest absolute Gasteiger partial charge is 0.338 e. The first-order valence-corrected chi connectivity index (χ1v) is 7.21. The van der Waals surface area contributed by atoms with Gasteiger partial charge < -0.3 is 4.74 Å². The molecule has 0 aliphatic rings. The minimum absolute atomic E-state index is 0.0480. The molecule has 3 heteroatoms. The van der Waals surface area contributed by atoms with Gasteiger partial charge in [-0.2, -0.15) is 0 Å². The molecule has 114 valence electrons. The van der Waals surface area contributed by atoms with Gasteiger partial charge in [-0.05, 0) is 51.0 Å². The predicted molar refractivity (Wildman–Crippen MR) is 87.1 cm³/mol. The summed E-state index contributed by atoms with van der Waals surface area (Å²) in [6.45, 7) is 7.08. The highest BCUT2D eigenvalue weighted by Crippen LogP contribution is 2.21. The minimum atomic E-state index is -0.502. The van der Waals surface area contributed by atoms with Gasteiger partial charge in [-0.25, -0.2) is 4.79 Å². The van der Waals surface area contributed by atoms with Crippen molar-refractivity contribution in [3.05, 3.63) is 59.7 Å². The average molecular weight is 296 g/mol. The van der Waals surface area contributed by atoms with Crippen molar-refractivity contribution in [3.63, 3.8) is 0 Å². The summed E-state index contributed by atoms with van der Waals surface area (Å²) in [4.78, 5) is 23.2. The van der Waals surface area contributed by atoms with Gasteiger partial charge in [0.05, 0.1) is 5.56 Å². The molecule has 2 rings (SSSR count). The van der Waals surface area contributed by atoms with Crippen LogP contribution in [0.1, 0.15) is 48.4 Å². The molecule has 0 aliphatic heterocycles. The molecule has 2 aromatic rings. The lowest BCUT2D eigenvalue weighted by molar-refractivity contribution is 0.00695. The first-order chi connectivity index (χ1) is 10.3. The number of Topliss-reactive ketones (excluding diaryl/α,β-unsaturated/α-hetero) is 1. The van der Waals surface area contributed by atoms with E-state index < -0.39 is 5.60 Å². The van der Waals surface area contributed by atoms with Crippen LogP contribution in [-0.4, -0.2) is 17.4 Å². The summed E-state index contributed by atoms with van der Waals surface area (Å²) < 4.78 is 5.33. The molecule has 0 radical (unpaired) electrons. The average Bonchev–Trinajstić information content (AvgIpc) is 2.46. The van der Waals surface area contributed by atoms with Gasteiger partial charge in [-0.15, -0.1) is 0 Å². The SMILES string of the molecule is CC(=O)c1ccc(-c2ccc(C(=O)OC(C)(C)C)cc2)cc1. The fraction of sp³-hybridized carbons (Fsp3) is 0.263. The zero-order valence-corrected chi connectivity index (χ0v) is 13.3. The van der Waals surface area contributed by atoms with Gasteiger partial charge in [-0.3, -0.25) is 4.79 Å². The zero-order chi connectivity index (χ0) is 16.3. The Kier molecular flexibility index (Phi) is 4.45. The van der Waals surface area contributed by atoms with Gasteiger partial charge in [0.15, 0.2) is 5.78 Å². The van der Waals surface area contributed by atoms with E-state index in [2.05, 4.69) is 0 Å². The lowest BCUT2D eigenvalue weighted by atomic mass is 10.0. The van der Waals surface area contributed by atoms with Gasteiger partial charge in [0.25, 0.3) is 0 Å². The summed E-state index contributed by atoms with van der Waals surface area (Å²) in [6.07, 6.45) is 0. The molecule has 0 unspecified atom stereocenters. The van der Waals surface area contributed by atoms with Gasteiger partial charge in [0, 0.05) is 5.56 Å². The Morgan fingerprint density at radius 2 is 1.18 bits per heavy atom. The van der Waals surface area contributed by atoms with Crippen LogP contribution in [0.5, 0.6) is 0 Å². The topological polar surface area (TPSA) is 43.4 Å². The quantitative estimate of drug-likeness (QED) is 0.618. The first-order valence-electron chi connectivity index (χ1n) is 7.21. The molecule has 0 atom stereocenters. The van der Waals surface area contributed by atoms with E-state index in [1.54, 1.807) is 31.2 Å². The van der Waals surface area contributed by atoms with E-state index in [0.717, 1.165) is 11.1 Å². The molecular weight excluding hydrogens is 276 g/mol. The van der Waals surface area contributed by atoms with Crippen molar-refractivity contribution in [2.75, 3.05) is 0 Å². The summed E-state index contributed by atoms with van der Waals surface area (Å²) in [6, 6.07) is 14.7. The Morgan fingerprint density at radius 3 is 1.55 bits per heavy atom. The van der Waals surface area contributed by atoms with Crippen LogP contribution in [0, 0.1) is 0 Å². The van der Waals surface area contributed by atoms with Crippen LogP contribution in [0.15, 0.2) is 48.5 Å². The van der Waals surface area contributed by atoms with Crippen molar-refractivity contribution >= 4 is 11.8 Å². The van der Waals surface area contributed by atoms with E-state index in [4.69, 9.17) is 4.74 Å². The van der Waals surface area contributed by atoms with Gasteiger partial charge >= 0.3 is 5.97 Å². The second-order valence-corrected chi connectivity index (χ2v) is 6.21. The monoisotopic (exact) mass is 296 g/mol. The first kappa shape index (κ1) is 16.0. The molecular formula is C19H20O3. The van der Waals surface area contributed by atoms with Crippen LogP contribution in [0.3, 0.4) is 0 Å². The Balaban J connectivity index is 2.18. The second kappa shape index (κ2) is 6.14. The molecule has 0 saturated heterocycles. The number of rotatable bonds is 3. The van der Waals surface area contributed by atoms with E-state index in [-0.39, 0.29) is 11.8 Å². The lowest BCUT2D eigenvalue weighted by Gasteiger charge is -2.19. The summed E-state index contributed by atoms with van der Waals surface area (Å²) in [5, 5.41) is 0. The molecule has 0 spiro atoms. The zero-order valence-electron chi connectivity index (χ0n) is 13.3. The number of ether oxygens (including phenoxy) is 1. The number of hydrogen-bond donors (Lipinski definition) is 0. The third kappa shape index (κ3) is 4.04. The van der Waals surface area contributed by atoms with Crippen LogP contribution in [0.25, 0.3) is 11.1 Å². The lowest BCUT2D eigenvalue weighted by Crippen LogP contribution is -2.23. The van der Waals surface area contributed by atoms with Crippen molar-refractivity contribution in [1.29, 1.82) is 0 Å². The third-order valence-electron chi connectivity index (χ3n) is 3.14. The maximum absolute atomic E-state index is 12.0. The van der Waals surface area contributed by atoms with Crippen molar-refractivity contribution in [2.24, 2.45) is 0 Å². The Hall–Kier alpha value is -2.42. The highest BCUT2D eigenvalue weighted by atomic mass is 16.6. The minimum Gasteiger partial charge on any atom is -0.456 e. The van der Waals surface area contributed by atoms with E-state index in [9.17, 15) is 9.59 Å². The molecule has 0 amide bonds. The predicted octanol–water partition coefficient (Wildman–Crippen LogP) is 4.51. The second-order valence-electron chi connectivity index (χ2n) is 6.21. The Bertz CT molecular complexity index is 674. The number of carbonyl (C=O) groups excluding carboxylic acids is 2.